The Morgan fingerprint density at radius 1 is 1.32 bits per heavy atom. The van der Waals surface area contributed by atoms with Gasteiger partial charge >= 0.3 is 0 Å². The first-order valence-corrected chi connectivity index (χ1v) is 7.70. The van der Waals surface area contributed by atoms with Crippen molar-refractivity contribution in [2.45, 2.75) is 25.3 Å². The molecule has 1 aliphatic rings. The van der Waals surface area contributed by atoms with Crippen molar-refractivity contribution >= 4 is 11.3 Å². The van der Waals surface area contributed by atoms with Crippen molar-refractivity contribution in [3.05, 3.63) is 51.7 Å². The second-order valence-corrected chi connectivity index (χ2v) is 5.91. The van der Waals surface area contributed by atoms with Gasteiger partial charge in [-0.1, -0.05) is 18.2 Å². The fraction of sp³-hybridized carbons (Fsp3) is 0.375. The number of hydrogen-bond acceptors (Lipinski definition) is 3. The number of rotatable bonds is 5. The number of hydrogen-bond donors (Lipinski definition) is 1. The summed E-state index contributed by atoms with van der Waals surface area (Å²) >= 11 is 1.80. The molecule has 2 nitrogen and oxygen atoms in total. The molecule has 0 bridgehead atoms. The molecule has 1 unspecified atom stereocenters. The average molecular weight is 273 g/mol. The van der Waals surface area contributed by atoms with Crippen LogP contribution in [0.4, 0.5) is 0 Å². The maximum absolute atomic E-state index is 5.99. The van der Waals surface area contributed by atoms with E-state index in [4.69, 9.17) is 4.74 Å². The van der Waals surface area contributed by atoms with E-state index in [2.05, 4.69) is 41.0 Å². The van der Waals surface area contributed by atoms with Crippen LogP contribution in [0.2, 0.25) is 0 Å². The maximum atomic E-state index is 5.99. The van der Waals surface area contributed by atoms with E-state index >= 15 is 0 Å². The van der Waals surface area contributed by atoms with Gasteiger partial charge in [-0.05, 0) is 48.5 Å². The van der Waals surface area contributed by atoms with Crippen molar-refractivity contribution in [1.29, 1.82) is 0 Å². The Labute approximate surface area is 118 Å². The molecular formula is C16H19NOS. The van der Waals surface area contributed by atoms with Gasteiger partial charge in [0, 0.05) is 17.3 Å². The van der Waals surface area contributed by atoms with Crippen LogP contribution in [0.1, 0.15) is 28.5 Å². The monoisotopic (exact) mass is 273 g/mol. The standard InChI is InChI=1S/C16H19NOS/c1-17-15-8-7-14-13(15)5-2-6-16(14)18-10-9-12-4-3-11-19-12/h2-6,11,15,17H,7-10H2,1H3. The molecular weight excluding hydrogens is 254 g/mol. The van der Waals surface area contributed by atoms with Gasteiger partial charge in [-0.25, -0.2) is 0 Å². The summed E-state index contributed by atoms with van der Waals surface area (Å²) in [6.07, 6.45) is 3.30. The molecule has 3 heteroatoms. The molecule has 0 saturated carbocycles. The second-order valence-electron chi connectivity index (χ2n) is 4.88. The number of thiophene rings is 1. The van der Waals surface area contributed by atoms with E-state index in [1.165, 1.54) is 22.4 Å². The zero-order valence-electron chi connectivity index (χ0n) is 11.2. The molecule has 3 rings (SSSR count). The van der Waals surface area contributed by atoms with Gasteiger partial charge in [0.2, 0.25) is 0 Å². The van der Waals surface area contributed by atoms with Crippen LogP contribution in [-0.4, -0.2) is 13.7 Å². The lowest BCUT2D eigenvalue weighted by atomic mass is 10.1. The predicted octanol–water partition coefficient (Wildman–Crippen LogP) is 3.58. The van der Waals surface area contributed by atoms with E-state index in [0.29, 0.717) is 6.04 Å². The molecule has 0 aliphatic heterocycles. The molecule has 2 aromatic rings. The van der Waals surface area contributed by atoms with Crippen LogP contribution >= 0.6 is 11.3 Å². The fourth-order valence-corrected chi connectivity index (χ4v) is 3.46. The van der Waals surface area contributed by atoms with E-state index < -0.39 is 0 Å². The summed E-state index contributed by atoms with van der Waals surface area (Å²) in [4.78, 5) is 1.39. The predicted molar refractivity (Wildman–Crippen MR) is 80.1 cm³/mol. The van der Waals surface area contributed by atoms with Crippen LogP contribution in [-0.2, 0) is 12.8 Å². The Hall–Kier alpha value is -1.32. The van der Waals surface area contributed by atoms with Crippen molar-refractivity contribution in [2.24, 2.45) is 0 Å². The molecule has 1 aromatic heterocycles. The maximum Gasteiger partial charge on any atom is 0.122 e. The van der Waals surface area contributed by atoms with Crippen LogP contribution in [0, 0.1) is 0 Å². The van der Waals surface area contributed by atoms with E-state index in [1.54, 1.807) is 11.3 Å². The van der Waals surface area contributed by atoms with Gasteiger partial charge in [0.25, 0.3) is 0 Å². The number of fused-ring (bicyclic) bond motifs is 1. The lowest BCUT2D eigenvalue weighted by Gasteiger charge is -2.12. The highest BCUT2D eigenvalue weighted by atomic mass is 32.1. The zero-order valence-corrected chi connectivity index (χ0v) is 12.0. The lowest BCUT2D eigenvalue weighted by Crippen LogP contribution is -2.12. The van der Waals surface area contributed by atoms with E-state index in [9.17, 15) is 0 Å². The van der Waals surface area contributed by atoms with Gasteiger partial charge in [-0.15, -0.1) is 11.3 Å². The average Bonchev–Trinajstić information content (AvgIpc) is 3.07. The first-order valence-electron chi connectivity index (χ1n) is 6.82. The highest BCUT2D eigenvalue weighted by Gasteiger charge is 2.23. The van der Waals surface area contributed by atoms with Crippen LogP contribution in [0.3, 0.4) is 0 Å². The van der Waals surface area contributed by atoms with E-state index in [-0.39, 0.29) is 0 Å². The summed E-state index contributed by atoms with van der Waals surface area (Å²) in [7, 11) is 2.03. The van der Waals surface area contributed by atoms with Crippen LogP contribution < -0.4 is 10.1 Å². The largest absolute Gasteiger partial charge is 0.493 e. The van der Waals surface area contributed by atoms with Crippen molar-refractivity contribution in [3.8, 4) is 5.75 Å². The number of ether oxygens (including phenoxy) is 1. The second kappa shape index (κ2) is 5.76. The molecule has 100 valence electrons. The topological polar surface area (TPSA) is 21.3 Å². The molecule has 19 heavy (non-hydrogen) atoms. The van der Waals surface area contributed by atoms with Crippen LogP contribution in [0.5, 0.6) is 5.75 Å². The zero-order chi connectivity index (χ0) is 13.1. The minimum absolute atomic E-state index is 0.496. The molecule has 1 heterocycles. The molecule has 0 fully saturated rings. The number of benzene rings is 1. The highest BCUT2D eigenvalue weighted by molar-refractivity contribution is 7.09. The molecule has 0 radical (unpaired) electrons. The van der Waals surface area contributed by atoms with Crippen molar-refractivity contribution in [1.82, 2.24) is 5.32 Å². The summed E-state index contributed by atoms with van der Waals surface area (Å²) in [5, 5.41) is 5.49. The Balaban J connectivity index is 1.67. The summed E-state index contributed by atoms with van der Waals surface area (Å²) in [6.45, 7) is 0.765. The minimum atomic E-state index is 0.496. The molecule has 0 spiro atoms. The first kappa shape index (κ1) is 12.7. The molecule has 1 aliphatic carbocycles. The summed E-state index contributed by atoms with van der Waals surface area (Å²) in [5.74, 6) is 1.08. The smallest absolute Gasteiger partial charge is 0.122 e. The molecule has 0 amide bonds. The summed E-state index contributed by atoms with van der Waals surface area (Å²) < 4.78 is 5.99. The van der Waals surface area contributed by atoms with Gasteiger partial charge in [0.15, 0.2) is 0 Å². The first-order chi connectivity index (χ1) is 9.38. The molecule has 0 saturated heterocycles. The van der Waals surface area contributed by atoms with Gasteiger partial charge in [-0.2, -0.15) is 0 Å². The Kier molecular flexibility index (Phi) is 3.85. The highest BCUT2D eigenvalue weighted by Crippen LogP contribution is 2.36. The van der Waals surface area contributed by atoms with Gasteiger partial charge in [0.1, 0.15) is 5.75 Å². The van der Waals surface area contributed by atoms with E-state index in [0.717, 1.165) is 25.2 Å². The summed E-state index contributed by atoms with van der Waals surface area (Å²) in [5.41, 5.74) is 2.81. The fourth-order valence-electron chi connectivity index (χ4n) is 2.77. The SMILES string of the molecule is CNC1CCc2c(OCCc3cccs3)cccc21. The van der Waals surface area contributed by atoms with Crippen LogP contribution in [0.15, 0.2) is 35.7 Å². The van der Waals surface area contributed by atoms with Crippen molar-refractivity contribution < 1.29 is 4.74 Å². The molecule has 1 N–H and O–H groups in total. The van der Waals surface area contributed by atoms with Crippen molar-refractivity contribution in [2.75, 3.05) is 13.7 Å². The van der Waals surface area contributed by atoms with Gasteiger partial charge in [0.05, 0.1) is 6.61 Å². The molecule has 1 atom stereocenters. The van der Waals surface area contributed by atoms with Crippen molar-refractivity contribution in [3.63, 3.8) is 0 Å². The van der Waals surface area contributed by atoms with Gasteiger partial charge in [-0.3, -0.25) is 0 Å². The quantitative estimate of drug-likeness (QED) is 0.899. The normalized spacial score (nSPS) is 17.4. The third kappa shape index (κ3) is 2.67. The number of nitrogens with one attached hydrogen (secondary N) is 1. The Morgan fingerprint density at radius 2 is 2.26 bits per heavy atom. The van der Waals surface area contributed by atoms with Gasteiger partial charge < -0.3 is 10.1 Å². The third-order valence-corrected chi connectivity index (χ3v) is 4.70. The summed E-state index contributed by atoms with van der Waals surface area (Å²) in [6, 6.07) is 11.2. The molecule has 1 aromatic carbocycles. The Bertz CT molecular complexity index is 536. The van der Waals surface area contributed by atoms with E-state index in [1.807, 2.05) is 7.05 Å². The minimum Gasteiger partial charge on any atom is -0.493 e. The third-order valence-electron chi connectivity index (χ3n) is 3.76. The lowest BCUT2D eigenvalue weighted by molar-refractivity contribution is 0.320. The Morgan fingerprint density at radius 3 is 3.05 bits per heavy atom. The van der Waals surface area contributed by atoms with Crippen LogP contribution in [0.25, 0.3) is 0 Å².